The molecule has 0 saturated heterocycles. The van der Waals surface area contributed by atoms with E-state index in [0.717, 1.165) is 12.8 Å². The van der Waals surface area contributed by atoms with E-state index in [1.165, 1.54) is 0 Å². The molecule has 0 aliphatic carbocycles. The molecule has 1 N–H and O–H groups in total. The Morgan fingerprint density at radius 2 is 2.25 bits per heavy atom. The molecule has 1 aromatic carbocycles. The number of rotatable bonds is 4. The first-order valence-electron chi connectivity index (χ1n) is 4.04. The zero-order chi connectivity index (χ0) is 8.81. The van der Waals surface area contributed by atoms with Crippen molar-refractivity contribution in [2.45, 2.75) is 12.8 Å². The van der Waals surface area contributed by atoms with Gasteiger partial charge in [0.05, 0.1) is 6.61 Å². The van der Waals surface area contributed by atoms with Crippen LogP contribution in [0.1, 0.15) is 12.8 Å². The Morgan fingerprint density at radius 3 is 2.92 bits per heavy atom. The van der Waals surface area contributed by atoms with E-state index in [9.17, 15) is 0 Å². The Bertz CT molecular complexity index is 233. The molecule has 0 fully saturated rings. The van der Waals surface area contributed by atoms with Crippen molar-refractivity contribution in [3.63, 3.8) is 0 Å². The van der Waals surface area contributed by atoms with E-state index < -0.39 is 0 Å². The van der Waals surface area contributed by atoms with Gasteiger partial charge in [0.25, 0.3) is 0 Å². The van der Waals surface area contributed by atoms with Crippen LogP contribution in [-0.4, -0.2) is 11.7 Å². The summed E-state index contributed by atoms with van der Waals surface area (Å²) < 4.78 is 5.33. The van der Waals surface area contributed by atoms with Crippen LogP contribution in [0.3, 0.4) is 0 Å². The molecule has 0 aliphatic rings. The van der Waals surface area contributed by atoms with Gasteiger partial charge in [-0.15, -0.1) is 0 Å². The first kappa shape index (κ1) is 8.91. The molecule has 2 nitrogen and oxygen atoms in total. The van der Waals surface area contributed by atoms with Gasteiger partial charge in [-0.1, -0.05) is 19.4 Å². The summed E-state index contributed by atoms with van der Waals surface area (Å²) >= 11 is 0. The fourth-order valence-corrected chi connectivity index (χ4v) is 0.865. The number of hydrogen-bond acceptors (Lipinski definition) is 2. The molecular formula is C10H13O2. The number of phenolic OH excluding ortho intramolecular Hbond substituents is 1. The number of ether oxygens (including phenoxy) is 1. The largest absolute Gasteiger partial charge is 0.508 e. The number of phenols is 1. The number of benzene rings is 1. The minimum Gasteiger partial charge on any atom is -0.508 e. The molecule has 0 spiro atoms. The standard InChI is InChI=1S/C10H13O2/c1-2-3-7-12-10-6-4-5-9(11)8-10/h4-6,8,11H,1-3,7H2. The van der Waals surface area contributed by atoms with E-state index in [1.807, 2.05) is 6.07 Å². The van der Waals surface area contributed by atoms with Crippen LogP contribution in [0.4, 0.5) is 0 Å². The molecular weight excluding hydrogens is 152 g/mol. The van der Waals surface area contributed by atoms with Crippen molar-refractivity contribution in [1.29, 1.82) is 0 Å². The van der Waals surface area contributed by atoms with Crippen molar-refractivity contribution < 1.29 is 9.84 Å². The van der Waals surface area contributed by atoms with E-state index in [1.54, 1.807) is 18.2 Å². The quantitative estimate of drug-likeness (QED) is 0.694. The Kier molecular flexibility index (Phi) is 3.45. The molecule has 1 radical (unpaired) electrons. The average molecular weight is 165 g/mol. The summed E-state index contributed by atoms with van der Waals surface area (Å²) in [6, 6.07) is 6.80. The first-order valence-corrected chi connectivity index (χ1v) is 4.04. The van der Waals surface area contributed by atoms with Gasteiger partial charge in [0.2, 0.25) is 0 Å². The van der Waals surface area contributed by atoms with E-state index in [2.05, 4.69) is 6.92 Å². The van der Waals surface area contributed by atoms with Crippen LogP contribution in [-0.2, 0) is 0 Å². The molecule has 65 valence electrons. The monoisotopic (exact) mass is 165 g/mol. The molecule has 1 rings (SSSR count). The van der Waals surface area contributed by atoms with Crippen LogP contribution in [0.5, 0.6) is 11.5 Å². The lowest BCUT2D eigenvalue weighted by Gasteiger charge is -2.04. The maximum absolute atomic E-state index is 9.08. The summed E-state index contributed by atoms with van der Waals surface area (Å²) in [5.74, 6) is 0.950. The van der Waals surface area contributed by atoms with Crippen LogP contribution >= 0.6 is 0 Å². The third-order valence-corrected chi connectivity index (χ3v) is 1.48. The highest BCUT2D eigenvalue weighted by molar-refractivity contribution is 5.31. The zero-order valence-electron chi connectivity index (χ0n) is 6.99. The predicted octanol–water partition coefficient (Wildman–Crippen LogP) is 2.39. The maximum atomic E-state index is 9.08. The molecule has 0 aliphatic heterocycles. The Labute approximate surface area is 72.8 Å². The van der Waals surface area contributed by atoms with Crippen molar-refractivity contribution >= 4 is 0 Å². The third-order valence-electron chi connectivity index (χ3n) is 1.48. The molecule has 12 heavy (non-hydrogen) atoms. The van der Waals surface area contributed by atoms with Gasteiger partial charge in [-0.05, 0) is 18.6 Å². The van der Waals surface area contributed by atoms with Crippen molar-refractivity contribution in [1.82, 2.24) is 0 Å². The average Bonchev–Trinajstić information content (AvgIpc) is 2.05. The van der Waals surface area contributed by atoms with Crippen molar-refractivity contribution in [3.8, 4) is 11.5 Å². The molecule has 0 bridgehead atoms. The third kappa shape index (κ3) is 2.82. The van der Waals surface area contributed by atoms with E-state index in [4.69, 9.17) is 9.84 Å². The lowest BCUT2D eigenvalue weighted by Crippen LogP contribution is -1.95. The molecule has 0 saturated carbocycles. The molecule has 0 amide bonds. The summed E-state index contributed by atoms with van der Waals surface area (Å²) in [6.45, 7) is 4.36. The number of hydrogen-bond donors (Lipinski definition) is 1. The van der Waals surface area contributed by atoms with Crippen molar-refractivity contribution in [2.75, 3.05) is 6.61 Å². The van der Waals surface area contributed by atoms with Gasteiger partial charge < -0.3 is 9.84 Å². The van der Waals surface area contributed by atoms with E-state index in [0.29, 0.717) is 12.4 Å². The minimum atomic E-state index is 0.238. The predicted molar refractivity (Wildman–Crippen MR) is 48.2 cm³/mol. The van der Waals surface area contributed by atoms with Gasteiger partial charge in [0.15, 0.2) is 0 Å². The normalized spacial score (nSPS) is 9.75. The van der Waals surface area contributed by atoms with E-state index in [-0.39, 0.29) is 5.75 Å². The van der Waals surface area contributed by atoms with Gasteiger partial charge in [-0.3, -0.25) is 0 Å². The summed E-state index contributed by atoms with van der Waals surface area (Å²) in [5.41, 5.74) is 0. The van der Waals surface area contributed by atoms with Crippen LogP contribution < -0.4 is 4.74 Å². The lowest BCUT2D eigenvalue weighted by molar-refractivity contribution is 0.310. The number of aromatic hydroxyl groups is 1. The second kappa shape index (κ2) is 4.65. The molecule has 1 aromatic rings. The van der Waals surface area contributed by atoms with Gasteiger partial charge in [0.1, 0.15) is 11.5 Å². The first-order chi connectivity index (χ1) is 5.83. The second-order valence-electron chi connectivity index (χ2n) is 2.55. The molecule has 0 heterocycles. The topological polar surface area (TPSA) is 29.5 Å². The van der Waals surface area contributed by atoms with Crippen molar-refractivity contribution in [3.05, 3.63) is 31.2 Å². The molecule has 0 atom stereocenters. The van der Waals surface area contributed by atoms with Crippen LogP contribution in [0, 0.1) is 6.92 Å². The van der Waals surface area contributed by atoms with Gasteiger partial charge in [-0.2, -0.15) is 0 Å². The van der Waals surface area contributed by atoms with Crippen LogP contribution in [0.2, 0.25) is 0 Å². The van der Waals surface area contributed by atoms with Crippen LogP contribution in [0.25, 0.3) is 0 Å². The highest BCUT2D eigenvalue weighted by atomic mass is 16.5. The minimum absolute atomic E-state index is 0.238. The molecule has 0 unspecified atom stereocenters. The van der Waals surface area contributed by atoms with Gasteiger partial charge in [-0.25, -0.2) is 0 Å². The second-order valence-corrected chi connectivity index (χ2v) is 2.55. The van der Waals surface area contributed by atoms with Crippen LogP contribution in [0.15, 0.2) is 24.3 Å². The SMILES string of the molecule is [CH2]CCCOc1cccc(O)c1. The van der Waals surface area contributed by atoms with Gasteiger partial charge in [0, 0.05) is 6.07 Å². The van der Waals surface area contributed by atoms with E-state index >= 15 is 0 Å². The lowest BCUT2D eigenvalue weighted by atomic mass is 10.3. The fourth-order valence-electron chi connectivity index (χ4n) is 0.865. The summed E-state index contributed by atoms with van der Waals surface area (Å²) in [6.07, 6.45) is 1.81. The summed E-state index contributed by atoms with van der Waals surface area (Å²) in [5, 5.41) is 9.08. The van der Waals surface area contributed by atoms with Gasteiger partial charge >= 0.3 is 0 Å². The molecule has 0 aromatic heterocycles. The van der Waals surface area contributed by atoms with Crippen molar-refractivity contribution in [2.24, 2.45) is 0 Å². The Morgan fingerprint density at radius 1 is 1.42 bits per heavy atom. The highest BCUT2D eigenvalue weighted by Crippen LogP contribution is 2.17. The maximum Gasteiger partial charge on any atom is 0.122 e. The summed E-state index contributed by atoms with van der Waals surface area (Å²) in [4.78, 5) is 0. The zero-order valence-corrected chi connectivity index (χ0v) is 6.99. The number of unbranched alkanes of at least 4 members (excludes halogenated alkanes) is 1. The smallest absolute Gasteiger partial charge is 0.122 e. The summed E-state index contributed by atoms with van der Waals surface area (Å²) in [7, 11) is 0. The fraction of sp³-hybridized carbons (Fsp3) is 0.300. The highest BCUT2D eigenvalue weighted by Gasteiger charge is 1.93. The Hall–Kier alpha value is -1.18. The molecule has 2 heteroatoms. The Balaban J connectivity index is 2.41.